The SMILES string of the molecule is N#Cc1ccc(CCNC(=O)C2CCCN2c2cc(N3CCC(CCCC(=O)NCCC(=O)O)CC3)nc(C(F)(F)F)n2)cc1. The van der Waals surface area contributed by atoms with Crippen molar-refractivity contribution >= 4 is 29.4 Å². The van der Waals surface area contributed by atoms with Crippen molar-refractivity contribution in [1.29, 1.82) is 5.26 Å². The molecular formula is C31H38F3N7O4. The molecule has 2 fully saturated rings. The second-order valence-electron chi connectivity index (χ2n) is 11.4. The molecule has 0 aliphatic carbocycles. The fraction of sp³-hybridized carbons (Fsp3) is 0.548. The van der Waals surface area contributed by atoms with Crippen molar-refractivity contribution in [2.45, 2.75) is 70.0 Å². The number of hydrogen-bond donors (Lipinski definition) is 3. The number of alkyl halides is 3. The molecule has 2 aromatic rings. The number of carbonyl (C=O) groups excluding carboxylic acids is 2. The first-order valence-electron chi connectivity index (χ1n) is 15.3. The van der Waals surface area contributed by atoms with Crippen LogP contribution in [0.25, 0.3) is 0 Å². The normalized spacial score (nSPS) is 17.2. The minimum atomic E-state index is -4.76. The maximum Gasteiger partial charge on any atom is 0.451 e. The third-order valence-electron chi connectivity index (χ3n) is 8.21. The van der Waals surface area contributed by atoms with E-state index in [0.29, 0.717) is 69.8 Å². The Hall–Kier alpha value is -4.41. The molecule has 4 rings (SSSR count). The van der Waals surface area contributed by atoms with E-state index in [1.54, 1.807) is 23.1 Å². The molecule has 2 saturated heterocycles. The van der Waals surface area contributed by atoms with E-state index < -0.39 is 24.0 Å². The van der Waals surface area contributed by atoms with Crippen LogP contribution < -0.4 is 20.4 Å². The Morgan fingerprint density at radius 3 is 2.36 bits per heavy atom. The topological polar surface area (TPSA) is 152 Å². The quantitative estimate of drug-likeness (QED) is 0.301. The van der Waals surface area contributed by atoms with Gasteiger partial charge < -0.3 is 25.5 Å². The molecule has 3 heterocycles. The van der Waals surface area contributed by atoms with Gasteiger partial charge in [-0.15, -0.1) is 0 Å². The average molecular weight is 630 g/mol. The number of piperidine rings is 1. The summed E-state index contributed by atoms with van der Waals surface area (Å²) in [6, 6.07) is 10.0. The van der Waals surface area contributed by atoms with Crippen molar-refractivity contribution in [3.8, 4) is 6.07 Å². The average Bonchev–Trinajstić information content (AvgIpc) is 3.51. The van der Waals surface area contributed by atoms with E-state index in [2.05, 4.69) is 26.7 Å². The van der Waals surface area contributed by atoms with Crippen LogP contribution in [0.15, 0.2) is 30.3 Å². The number of benzene rings is 1. The van der Waals surface area contributed by atoms with Crippen LogP contribution in [-0.2, 0) is 27.0 Å². The number of nitrogens with zero attached hydrogens (tertiary/aromatic N) is 5. The van der Waals surface area contributed by atoms with Gasteiger partial charge in [0.1, 0.15) is 17.7 Å². The lowest BCUT2D eigenvalue weighted by Crippen LogP contribution is -2.44. The largest absolute Gasteiger partial charge is 0.481 e. The second-order valence-corrected chi connectivity index (χ2v) is 11.4. The predicted molar refractivity (Wildman–Crippen MR) is 159 cm³/mol. The molecule has 1 aromatic heterocycles. The van der Waals surface area contributed by atoms with Crippen LogP contribution in [0.4, 0.5) is 24.8 Å². The van der Waals surface area contributed by atoms with Gasteiger partial charge in [0.2, 0.25) is 17.6 Å². The summed E-state index contributed by atoms with van der Waals surface area (Å²) in [6.45, 7) is 1.84. The van der Waals surface area contributed by atoms with Crippen LogP contribution in [0.3, 0.4) is 0 Å². The van der Waals surface area contributed by atoms with Gasteiger partial charge >= 0.3 is 12.1 Å². The van der Waals surface area contributed by atoms with E-state index in [9.17, 15) is 27.6 Å². The molecule has 1 aromatic carbocycles. The molecular weight excluding hydrogens is 591 g/mol. The van der Waals surface area contributed by atoms with Gasteiger partial charge in [-0.05, 0) is 68.6 Å². The number of aromatic nitrogens is 2. The molecule has 242 valence electrons. The number of anilines is 2. The highest BCUT2D eigenvalue weighted by molar-refractivity contribution is 5.85. The molecule has 1 unspecified atom stereocenters. The summed E-state index contributed by atoms with van der Waals surface area (Å²) in [7, 11) is 0. The molecule has 0 radical (unpaired) electrons. The summed E-state index contributed by atoms with van der Waals surface area (Å²) in [5.41, 5.74) is 1.50. The summed E-state index contributed by atoms with van der Waals surface area (Å²) in [5.74, 6) is -2.11. The summed E-state index contributed by atoms with van der Waals surface area (Å²) in [6.07, 6.45) is -0.0111. The van der Waals surface area contributed by atoms with Crippen LogP contribution in [0.5, 0.6) is 0 Å². The summed E-state index contributed by atoms with van der Waals surface area (Å²) >= 11 is 0. The van der Waals surface area contributed by atoms with Crippen LogP contribution in [0, 0.1) is 17.2 Å². The highest BCUT2D eigenvalue weighted by Gasteiger charge is 2.39. The zero-order valence-electron chi connectivity index (χ0n) is 25.0. The van der Waals surface area contributed by atoms with Gasteiger partial charge in [0, 0.05) is 45.2 Å². The fourth-order valence-electron chi connectivity index (χ4n) is 5.76. The lowest BCUT2D eigenvalue weighted by molar-refractivity contribution is -0.145. The van der Waals surface area contributed by atoms with E-state index in [4.69, 9.17) is 10.4 Å². The van der Waals surface area contributed by atoms with Crippen molar-refractivity contribution in [1.82, 2.24) is 20.6 Å². The Bertz CT molecular complexity index is 1370. The van der Waals surface area contributed by atoms with E-state index in [1.807, 2.05) is 17.0 Å². The number of halogens is 3. The lowest BCUT2D eigenvalue weighted by Gasteiger charge is -2.34. The van der Waals surface area contributed by atoms with Crippen molar-refractivity contribution in [3.05, 3.63) is 47.3 Å². The molecule has 3 N–H and O–H groups in total. The van der Waals surface area contributed by atoms with Crippen LogP contribution in [0.2, 0.25) is 0 Å². The molecule has 0 spiro atoms. The van der Waals surface area contributed by atoms with Gasteiger partial charge in [0.15, 0.2) is 0 Å². The van der Waals surface area contributed by atoms with Crippen LogP contribution >= 0.6 is 0 Å². The Morgan fingerprint density at radius 2 is 1.69 bits per heavy atom. The first-order valence-corrected chi connectivity index (χ1v) is 15.3. The van der Waals surface area contributed by atoms with Gasteiger partial charge in [-0.3, -0.25) is 14.4 Å². The standard InChI is InChI=1S/C31H38F3N7O4/c32-31(33,34)30-38-25(40-17-12-21(13-18-40)3-1-5-27(42)36-15-11-28(43)44)19-26(39-30)41-16-2-4-24(41)29(45)37-14-10-22-6-8-23(20-35)9-7-22/h6-9,19,21,24H,1-5,10-18H2,(H,36,42)(H,37,45)(H,43,44). The van der Waals surface area contributed by atoms with Gasteiger partial charge in [-0.1, -0.05) is 12.1 Å². The van der Waals surface area contributed by atoms with Crippen molar-refractivity contribution in [3.63, 3.8) is 0 Å². The van der Waals surface area contributed by atoms with E-state index in [-0.39, 0.29) is 36.4 Å². The Kier molecular flexibility index (Phi) is 11.6. The van der Waals surface area contributed by atoms with Crippen LogP contribution in [-0.4, -0.2) is 71.6 Å². The summed E-state index contributed by atoms with van der Waals surface area (Å²) < 4.78 is 41.7. The van der Waals surface area contributed by atoms with Gasteiger partial charge in [0.05, 0.1) is 18.1 Å². The fourth-order valence-corrected chi connectivity index (χ4v) is 5.76. The monoisotopic (exact) mass is 629 g/mol. The van der Waals surface area contributed by atoms with Crippen molar-refractivity contribution in [2.24, 2.45) is 5.92 Å². The first-order chi connectivity index (χ1) is 21.5. The zero-order valence-corrected chi connectivity index (χ0v) is 25.0. The van der Waals surface area contributed by atoms with E-state index >= 15 is 0 Å². The number of nitriles is 1. The molecule has 2 aliphatic rings. The van der Waals surface area contributed by atoms with Gasteiger partial charge in [-0.2, -0.15) is 18.4 Å². The smallest absolute Gasteiger partial charge is 0.451 e. The zero-order chi connectivity index (χ0) is 32.4. The third-order valence-corrected chi connectivity index (χ3v) is 8.21. The number of hydrogen-bond acceptors (Lipinski definition) is 8. The second kappa shape index (κ2) is 15.5. The van der Waals surface area contributed by atoms with E-state index in [1.165, 1.54) is 0 Å². The molecule has 45 heavy (non-hydrogen) atoms. The molecule has 2 amide bonds. The molecule has 1 atom stereocenters. The van der Waals surface area contributed by atoms with Gasteiger partial charge in [-0.25, -0.2) is 9.97 Å². The number of amides is 2. The molecule has 14 heteroatoms. The Labute approximate surface area is 259 Å². The summed E-state index contributed by atoms with van der Waals surface area (Å²) in [5, 5.41) is 23.1. The first kappa shape index (κ1) is 33.5. The summed E-state index contributed by atoms with van der Waals surface area (Å²) in [4.78, 5) is 46.7. The number of aliphatic carboxylic acids is 1. The number of nitrogens with one attached hydrogen (secondary N) is 2. The predicted octanol–water partition coefficient (Wildman–Crippen LogP) is 3.67. The highest BCUT2D eigenvalue weighted by atomic mass is 19.4. The molecule has 11 nitrogen and oxygen atoms in total. The maximum absolute atomic E-state index is 13.9. The Morgan fingerprint density at radius 1 is 0.978 bits per heavy atom. The molecule has 2 aliphatic heterocycles. The highest BCUT2D eigenvalue weighted by Crippen LogP contribution is 2.34. The van der Waals surface area contributed by atoms with Gasteiger partial charge in [0.25, 0.3) is 0 Å². The maximum atomic E-state index is 13.9. The number of carboxylic acids is 1. The minimum absolute atomic E-state index is 0.0769. The van der Waals surface area contributed by atoms with Crippen LogP contribution in [0.1, 0.15) is 68.3 Å². The number of carboxylic acid groups (broad SMARTS) is 1. The Balaban J connectivity index is 1.34. The minimum Gasteiger partial charge on any atom is -0.481 e. The number of rotatable bonds is 13. The number of carbonyl (C=O) groups is 3. The van der Waals surface area contributed by atoms with E-state index in [0.717, 1.165) is 24.8 Å². The molecule has 0 saturated carbocycles. The molecule has 0 bridgehead atoms. The van der Waals surface area contributed by atoms with Crippen molar-refractivity contribution < 1.29 is 32.7 Å². The van der Waals surface area contributed by atoms with Crippen molar-refractivity contribution in [2.75, 3.05) is 42.5 Å². The third kappa shape index (κ3) is 9.79. The lowest BCUT2D eigenvalue weighted by atomic mass is 9.91.